The number of hydrogen-bond acceptors (Lipinski definition) is 19. The van der Waals surface area contributed by atoms with Crippen LogP contribution < -0.4 is 38.5 Å². The van der Waals surface area contributed by atoms with E-state index >= 15 is 0 Å². The highest BCUT2D eigenvalue weighted by atomic mass is 16.6. The molecule has 25 heteroatoms. The van der Waals surface area contributed by atoms with Gasteiger partial charge in [-0.3, -0.25) is 47.9 Å². The highest BCUT2D eigenvalue weighted by Crippen LogP contribution is 2.43. The van der Waals surface area contributed by atoms with Crippen LogP contribution in [0.5, 0.6) is 0 Å². The van der Waals surface area contributed by atoms with Crippen molar-refractivity contribution >= 4 is 80.8 Å². The molecule has 8 N–H and O–H groups in total. The first-order chi connectivity index (χ1) is 47.4. The number of aliphatic carboxylic acids is 1. The monoisotopic (exact) mass is 1360 g/mol. The van der Waals surface area contributed by atoms with Crippen LogP contribution in [-0.2, 0) is 104 Å². The molecule has 5 atom stereocenters. The van der Waals surface area contributed by atoms with E-state index in [9.17, 15) is 57.5 Å². The summed E-state index contributed by atoms with van der Waals surface area (Å²) in [5.41, 5.74) is 13.1. The minimum absolute atomic E-state index is 0.0286. The Bertz CT molecular complexity index is 4270. The molecule has 2 fully saturated rings. The highest BCUT2D eigenvalue weighted by molar-refractivity contribution is 5.93. The SMILES string of the molecule is CCC(CCC(=O)NCC(=O)O[C@]1(CC)C(=O)OCc2c1cc1n(c2=O)Cc2cc3ccccc3nc2-1)C(=O)NC(CCC(=O)NC1CCC1)C(C)=O.CCC(CCC(=O)O)C(C)=O.CC[C@@]1(OC(=O)CN)C(=O)OCc2c1cc1n(c2=O)Cc2cc3ccccc3cc2-1.NC1CCC1. The van der Waals surface area contributed by atoms with E-state index in [1.54, 1.807) is 42.0 Å². The van der Waals surface area contributed by atoms with Crippen LogP contribution in [0.2, 0.25) is 0 Å². The molecule has 12 rings (SSSR count). The first-order valence-corrected chi connectivity index (χ1v) is 34.2. The fourth-order valence-corrected chi connectivity index (χ4v) is 13.1. The lowest BCUT2D eigenvalue weighted by atomic mass is 9.85. The molecular formula is C74H88N8O17. The standard InChI is InChI=1S/C39H45N5O9.C23H20N2O5.C8H14O3.C4H9N/c1-4-23(36(49)43-29(22(3)45)14-16-33(47)41-26-10-8-11-26)13-15-32(46)40-19-34(48)53-39(5-2)28-18-31-35-25(17-24-9-6-7-12-30(24)42-35)20-44(31)37(50)27(28)21-52-38(39)51;1-2-23(30-20(26)10-24)18-9-19-16-8-14-6-4-3-5-13(14)7-15(16)11-25(19)21(27)17(18)12-29-22(23)28;1-3-7(6(2)9)4-5-8(10)11;5-4-2-1-3-4/h6-7,9,12,17-18,23,26,29H,4-5,8,10-11,13-16,19-21H2,1-3H3,(H,40,46)(H,41,47)(H,43,49);3-9H,2,10-12,24H2,1H3;7H,3-5H2,1-2H3,(H,10,11);4H,1-3,5H2/t23?,29?,39-;23-;;/m00../s1. The average molecular weight is 1360 g/mol. The van der Waals surface area contributed by atoms with Crippen molar-refractivity contribution in [2.24, 2.45) is 23.3 Å². The van der Waals surface area contributed by atoms with Crippen LogP contribution in [0.25, 0.3) is 44.3 Å². The molecule has 99 heavy (non-hydrogen) atoms. The molecule has 2 aliphatic carbocycles. The number of carbonyl (C=O) groups excluding carboxylic acids is 9. The number of rotatable bonds is 23. The van der Waals surface area contributed by atoms with E-state index in [0.717, 1.165) is 64.0 Å². The maximum Gasteiger partial charge on any atom is 0.355 e. The lowest BCUT2D eigenvalue weighted by Gasteiger charge is -2.35. The summed E-state index contributed by atoms with van der Waals surface area (Å²) in [5, 5.41) is 19.6. The number of para-hydroxylation sites is 1. The van der Waals surface area contributed by atoms with Crippen LogP contribution in [0.15, 0.2) is 88.5 Å². The number of carboxylic acids is 1. The molecule has 6 aromatic rings. The fourth-order valence-electron chi connectivity index (χ4n) is 13.1. The highest BCUT2D eigenvalue weighted by Gasteiger charge is 2.52. The van der Waals surface area contributed by atoms with Crippen molar-refractivity contribution in [3.05, 3.63) is 133 Å². The van der Waals surface area contributed by atoms with Gasteiger partial charge in [-0.2, -0.15) is 0 Å². The van der Waals surface area contributed by atoms with Crippen molar-refractivity contribution in [1.29, 1.82) is 0 Å². The van der Waals surface area contributed by atoms with Crippen molar-refractivity contribution in [3.63, 3.8) is 0 Å². The zero-order valence-corrected chi connectivity index (χ0v) is 56.9. The number of ketones is 2. The van der Waals surface area contributed by atoms with Crippen LogP contribution in [0, 0.1) is 11.8 Å². The second-order valence-corrected chi connectivity index (χ2v) is 26.0. The lowest BCUT2D eigenvalue weighted by molar-refractivity contribution is -0.189. The summed E-state index contributed by atoms with van der Waals surface area (Å²) in [4.78, 5) is 154. The molecule has 6 aliphatic rings. The zero-order valence-electron chi connectivity index (χ0n) is 56.9. The predicted octanol–water partition coefficient (Wildman–Crippen LogP) is 7.23. The second kappa shape index (κ2) is 32.3. The summed E-state index contributed by atoms with van der Waals surface area (Å²) in [6.45, 7) is 9.29. The molecule has 0 saturated heterocycles. The molecule has 4 aliphatic heterocycles. The molecule has 3 aromatic heterocycles. The van der Waals surface area contributed by atoms with Gasteiger partial charge in [-0.1, -0.05) is 76.6 Å². The van der Waals surface area contributed by atoms with Crippen LogP contribution in [0.4, 0.5) is 0 Å². The largest absolute Gasteiger partial charge is 0.481 e. The number of benzene rings is 3. The lowest BCUT2D eigenvalue weighted by Crippen LogP contribution is -2.48. The number of hydrogen-bond donors (Lipinski definition) is 6. The number of ether oxygens (including phenoxy) is 4. The minimum atomic E-state index is -1.92. The van der Waals surface area contributed by atoms with Gasteiger partial charge in [-0.15, -0.1) is 0 Å². The topological polar surface area (TPSA) is 373 Å². The van der Waals surface area contributed by atoms with E-state index in [1.165, 1.54) is 33.1 Å². The normalized spacial score (nSPS) is 18.3. The molecule has 526 valence electrons. The quantitative estimate of drug-likeness (QED) is 0.0271. The summed E-state index contributed by atoms with van der Waals surface area (Å²) in [6, 6.07) is 25.1. The van der Waals surface area contributed by atoms with E-state index in [-0.39, 0.29) is 116 Å². The van der Waals surface area contributed by atoms with Gasteiger partial charge >= 0.3 is 29.8 Å². The van der Waals surface area contributed by atoms with Crippen LogP contribution >= 0.6 is 0 Å². The van der Waals surface area contributed by atoms with Crippen molar-refractivity contribution in [1.82, 2.24) is 30.1 Å². The number of aromatic nitrogens is 3. The summed E-state index contributed by atoms with van der Waals surface area (Å²) >= 11 is 0. The summed E-state index contributed by atoms with van der Waals surface area (Å²) in [6.07, 6.45) is 9.02. The number of carboxylic acid groups (broad SMARTS) is 1. The van der Waals surface area contributed by atoms with E-state index in [1.807, 2.05) is 61.5 Å². The van der Waals surface area contributed by atoms with Crippen LogP contribution in [0.3, 0.4) is 0 Å². The van der Waals surface area contributed by atoms with Gasteiger partial charge < -0.3 is 60.6 Å². The van der Waals surface area contributed by atoms with Gasteiger partial charge in [-0.25, -0.2) is 14.6 Å². The Morgan fingerprint density at radius 3 is 1.71 bits per heavy atom. The van der Waals surface area contributed by atoms with Gasteiger partial charge in [0, 0.05) is 70.8 Å². The molecule has 2 saturated carbocycles. The number of fused-ring (bicyclic) bond motifs is 10. The molecular weight excluding hydrogens is 1270 g/mol. The average Bonchev–Trinajstić information content (AvgIpc) is 1.69. The maximum atomic E-state index is 13.8. The first-order valence-electron chi connectivity index (χ1n) is 34.2. The van der Waals surface area contributed by atoms with Crippen LogP contribution in [-0.4, -0.2) is 110 Å². The Morgan fingerprint density at radius 1 is 0.646 bits per heavy atom. The number of nitrogens with one attached hydrogen (secondary N) is 3. The number of carbonyl (C=O) groups is 10. The van der Waals surface area contributed by atoms with Crippen molar-refractivity contribution in [2.45, 2.75) is 200 Å². The predicted molar refractivity (Wildman–Crippen MR) is 365 cm³/mol. The molecule has 0 bridgehead atoms. The van der Waals surface area contributed by atoms with Crippen LogP contribution in [0.1, 0.15) is 178 Å². The fraction of sp³-hybridized carbons (Fsp3) is 0.473. The third-order valence-corrected chi connectivity index (χ3v) is 19.6. The minimum Gasteiger partial charge on any atom is -0.481 e. The summed E-state index contributed by atoms with van der Waals surface area (Å²) in [7, 11) is 0. The smallest absolute Gasteiger partial charge is 0.355 e. The van der Waals surface area contributed by atoms with Gasteiger partial charge in [0.25, 0.3) is 11.1 Å². The molecule has 3 amide bonds. The first kappa shape index (κ1) is 73.5. The van der Waals surface area contributed by atoms with Gasteiger partial charge in [-0.05, 0) is 144 Å². The summed E-state index contributed by atoms with van der Waals surface area (Å²) < 4.78 is 25.2. The molecule has 7 heterocycles. The summed E-state index contributed by atoms with van der Waals surface area (Å²) in [5.74, 6) is -5.86. The third kappa shape index (κ3) is 16.4. The molecule has 0 radical (unpaired) electrons. The Labute approximate surface area is 572 Å². The van der Waals surface area contributed by atoms with Crippen molar-refractivity contribution < 1.29 is 72.0 Å². The third-order valence-electron chi connectivity index (χ3n) is 19.6. The maximum absolute atomic E-state index is 13.8. The van der Waals surface area contributed by atoms with E-state index in [0.29, 0.717) is 60.2 Å². The Balaban J connectivity index is 0.000000205. The second-order valence-electron chi connectivity index (χ2n) is 26.0. The Morgan fingerprint density at radius 2 is 1.17 bits per heavy atom. The number of amides is 3. The van der Waals surface area contributed by atoms with Gasteiger partial charge in [0.05, 0.1) is 59.4 Å². The number of pyridine rings is 3. The number of nitrogens with two attached hydrogens (primary N) is 2. The van der Waals surface area contributed by atoms with Gasteiger partial charge in [0.2, 0.25) is 28.9 Å². The van der Waals surface area contributed by atoms with Gasteiger partial charge in [0.1, 0.15) is 25.5 Å². The number of esters is 4. The number of nitrogens with zero attached hydrogens (tertiary/aromatic N) is 3. The van der Waals surface area contributed by atoms with E-state index in [2.05, 4.69) is 28.1 Å². The van der Waals surface area contributed by atoms with Gasteiger partial charge in [0.15, 0.2) is 5.78 Å². The zero-order chi connectivity index (χ0) is 71.5. The molecule has 25 nitrogen and oxygen atoms in total. The molecule has 3 aromatic carbocycles. The van der Waals surface area contributed by atoms with Crippen molar-refractivity contribution in [2.75, 3.05) is 13.1 Å². The van der Waals surface area contributed by atoms with E-state index in [4.69, 9.17) is 40.5 Å². The molecule has 0 spiro atoms. The number of Topliss-reactive ketones (excluding diaryl/α,β-unsaturated/α-hetero) is 2. The molecule has 3 unspecified atom stereocenters. The Hall–Kier alpha value is -9.75. The van der Waals surface area contributed by atoms with E-state index < -0.39 is 71.4 Å². The van der Waals surface area contributed by atoms with Crippen molar-refractivity contribution in [3.8, 4) is 22.6 Å². The number of cyclic esters (lactones) is 2. The Kier molecular flexibility index (Phi) is 24.0.